The average Bonchev–Trinajstić information content (AvgIpc) is 2.79. The Kier molecular flexibility index (Phi) is 7.72. The Balaban J connectivity index is 0.00000288. The van der Waals surface area contributed by atoms with E-state index in [2.05, 4.69) is 61.3 Å². The van der Waals surface area contributed by atoms with Crippen molar-refractivity contribution in [1.29, 1.82) is 0 Å². The summed E-state index contributed by atoms with van der Waals surface area (Å²) in [5.74, 6) is 0.433. The van der Waals surface area contributed by atoms with Gasteiger partial charge in [-0.15, -0.1) is 24.0 Å². The van der Waals surface area contributed by atoms with Crippen LogP contribution in [0.1, 0.15) is 41.9 Å². The average molecular weight is 441 g/mol. The van der Waals surface area contributed by atoms with Gasteiger partial charge in [0.05, 0.1) is 12.2 Å². The molecule has 132 valence electrons. The third-order valence-corrected chi connectivity index (χ3v) is 3.93. The van der Waals surface area contributed by atoms with E-state index >= 15 is 0 Å². The molecule has 0 saturated carbocycles. The molecule has 5 nitrogen and oxygen atoms in total. The summed E-state index contributed by atoms with van der Waals surface area (Å²) in [6, 6.07) is 6.26. The highest BCUT2D eigenvalue weighted by molar-refractivity contribution is 14.0. The van der Waals surface area contributed by atoms with Crippen molar-refractivity contribution in [2.45, 2.75) is 47.1 Å². The lowest BCUT2D eigenvalue weighted by molar-refractivity contribution is 0.703. The van der Waals surface area contributed by atoms with Crippen molar-refractivity contribution in [1.82, 2.24) is 9.78 Å². The summed E-state index contributed by atoms with van der Waals surface area (Å²) in [5.41, 5.74) is 13.0. The van der Waals surface area contributed by atoms with Crippen LogP contribution in [0.15, 0.2) is 23.2 Å². The zero-order chi connectivity index (χ0) is 17.0. The molecular formula is C18H28IN5. The van der Waals surface area contributed by atoms with Crippen LogP contribution in [0.3, 0.4) is 0 Å². The van der Waals surface area contributed by atoms with Crippen molar-refractivity contribution in [2.75, 3.05) is 5.32 Å². The minimum absolute atomic E-state index is 0. The van der Waals surface area contributed by atoms with Gasteiger partial charge in [0.2, 0.25) is 0 Å². The van der Waals surface area contributed by atoms with Crippen LogP contribution >= 0.6 is 24.0 Å². The molecule has 1 aromatic heterocycles. The molecule has 1 aromatic carbocycles. The molecule has 24 heavy (non-hydrogen) atoms. The number of aromatic nitrogens is 2. The lowest BCUT2D eigenvalue weighted by atomic mass is 10.1. The third-order valence-electron chi connectivity index (χ3n) is 3.93. The Bertz CT molecular complexity index is 698. The van der Waals surface area contributed by atoms with Crippen LogP contribution in [0.2, 0.25) is 0 Å². The first-order valence-corrected chi connectivity index (χ1v) is 8.13. The molecule has 0 atom stereocenters. The van der Waals surface area contributed by atoms with Crippen LogP contribution in [-0.2, 0) is 26.4 Å². The van der Waals surface area contributed by atoms with Gasteiger partial charge in [0.1, 0.15) is 0 Å². The van der Waals surface area contributed by atoms with E-state index in [9.17, 15) is 0 Å². The van der Waals surface area contributed by atoms with Crippen molar-refractivity contribution in [2.24, 2.45) is 17.8 Å². The number of benzene rings is 1. The molecule has 3 N–H and O–H groups in total. The number of aliphatic imine (C=N–C) groups is 1. The zero-order valence-corrected chi connectivity index (χ0v) is 17.5. The monoisotopic (exact) mass is 441 g/mol. The van der Waals surface area contributed by atoms with E-state index in [1.807, 2.05) is 11.7 Å². The Morgan fingerprint density at radius 3 is 2.33 bits per heavy atom. The number of nitrogens with two attached hydrogens (primary N) is 1. The summed E-state index contributed by atoms with van der Waals surface area (Å²) in [5, 5.41) is 7.75. The largest absolute Gasteiger partial charge is 0.370 e. The molecule has 0 amide bonds. The first-order valence-electron chi connectivity index (χ1n) is 8.13. The maximum absolute atomic E-state index is 6.06. The highest BCUT2D eigenvalue weighted by Crippen LogP contribution is 2.17. The Labute approximate surface area is 161 Å². The van der Waals surface area contributed by atoms with Crippen LogP contribution in [0.25, 0.3) is 0 Å². The topological polar surface area (TPSA) is 68.2 Å². The van der Waals surface area contributed by atoms with Crippen LogP contribution in [-0.4, -0.2) is 15.7 Å². The van der Waals surface area contributed by atoms with Crippen molar-refractivity contribution in [3.63, 3.8) is 0 Å². The second-order valence-corrected chi connectivity index (χ2v) is 5.91. The molecule has 0 aliphatic carbocycles. The number of aryl methyl sites for hydroxylation is 4. The molecule has 2 rings (SSSR count). The molecule has 0 radical (unpaired) electrons. The van der Waals surface area contributed by atoms with Crippen LogP contribution in [0.4, 0.5) is 5.69 Å². The van der Waals surface area contributed by atoms with Gasteiger partial charge < -0.3 is 11.1 Å². The first kappa shape index (κ1) is 20.5. The smallest absolute Gasteiger partial charge is 0.193 e. The molecular weight excluding hydrogens is 413 g/mol. The van der Waals surface area contributed by atoms with E-state index in [0.717, 1.165) is 24.2 Å². The molecule has 6 heteroatoms. The second-order valence-electron chi connectivity index (χ2n) is 5.91. The summed E-state index contributed by atoms with van der Waals surface area (Å²) in [6.45, 7) is 8.96. The quantitative estimate of drug-likeness (QED) is 0.423. The molecule has 0 spiro atoms. The third kappa shape index (κ3) is 4.96. The van der Waals surface area contributed by atoms with Crippen molar-refractivity contribution in [3.05, 3.63) is 46.3 Å². The van der Waals surface area contributed by atoms with Crippen LogP contribution in [0.5, 0.6) is 0 Å². The number of hydrogen-bond donors (Lipinski definition) is 2. The van der Waals surface area contributed by atoms with Gasteiger partial charge in [0.25, 0.3) is 0 Å². The molecule has 0 fully saturated rings. The summed E-state index contributed by atoms with van der Waals surface area (Å²) in [7, 11) is 1.99. The minimum atomic E-state index is 0. The maximum atomic E-state index is 6.06. The minimum Gasteiger partial charge on any atom is -0.370 e. The number of nitrogens with zero attached hydrogens (tertiary/aromatic N) is 3. The van der Waals surface area contributed by atoms with Crippen molar-refractivity contribution < 1.29 is 0 Å². The van der Waals surface area contributed by atoms with Gasteiger partial charge in [-0.3, -0.25) is 4.68 Å². The van der Waals surface area contributed by atoms with Gasteiger partial charge in [0, 0.05) is 24.0 Å². The lowest BCUT2D eigenvalue weighted by Gasteiger charge is -2.08. The number of hydrogen-bond acceptors (Lipinski definition) is 2. The Morgan fingerprint density at radius 2 is 1.79 bits per heavy atom. The predicted molar refractivity (Wildman–Crippen MR) is 112 cm³/mol. The van der Waals surface area contributed by atoms with Gasteiger partial charge >= 0.3 is 0 Å². The number of halogens is 1. The highest BCUT2D eigenvalue weighted by atomic mass is 127. The van der Waals surface area contributed by atoms with E-state index < -0.39 is 0 Å². The number of rotatable bonds is 5. The molecule has 0 saturated heterocycles. The van der Waals surface area contributed by atoms with Gasteiger partial charge in [-0.1, -0.05) is 19.9 Å². The number of anilines is 1. The fourth-order valence-electron chi connectivity index (χ4n) is 2.97. The second kappa shape index (κ2) is 9.05. The normalized spacial score (nSPS) is 11.3. The fraction of sp³-hybridized carbons (Fsp3) is 0.444. The van der Waals surface area contributed by atoms with E-state index in [0.29, 0.717) is 12.5 Å². The number of guanidine groups is 1. The molecule has 1 heterocycles. The highest BCUT2D eigenvalue weighted by Gasteiger charge is 2.13. The zero-order valence-electron chi connectivity index (χ0n) is 15.2. The van der Waals surface area contributed by atoms with Gasteiger partial charge in [-0.05, 0) is 49.9 Å². The van der Waals surface area contributed by atoms with Crippen molar-refractivity contribution in [3.8, 4) is 0 Å². The summed E-state index contributed by atoms with van der Waals surface area (Å²) in [6.07, 6.45) is 1.85. The van der Waals surface area contributed by atoms with E-state index in [4.69, 9.17) is 5.73 Å². The summed E-state index contributed by atoms with van der Waals surface area (Å²) >= 11 is 0. The molecule has 0 bridgehead atoms. The van der Waals surface area contributed by atoms with E-state index in [1.54, 1.807) is 0 Å². The molecule has 0 aliphatic rings. The standard InChI is InChI=1S/C18H27N5.HI/c1-6-16-15(17(7-2)23(5)22-16)11-20-18(19)21-14-9-12(3)8-13(4)10-14;/h8-10H,6-7,11H2,1-5H3,(H3,19,20,21);1H. The van der Waals surface area contributed by atoms with E-state index in [-0.39, 0.29) is 24.0 Å². The molecule has 0 unspecified atom stereocenters. The van der Waals surface area contributed by atoms with Crippen molar-refractivity contribution >= 4 is 35.6 Å². The Morgan fingerprint density at radius 1 is 1.17 bits per heavy atom. The van der Waals surface area contributed by atoms with E-state index in [1.165, 1.54) is 22.4 Å². The Hall–Kier alpha value is -1.57. The van der Waals surface area contributed by atoms with Crippen LogP contribution in [0, 0.1) is 13.8 Å². The van der Waals surface area contributed by atoms with Gasteiger partial charge in [0.15, 0.2) is 5.96 Å². The predicted octanol–water partition coefficient (Wildman–Crippen LogP) is 3.71. The maximum Gasteiger partial charge on any atom is 0.193 e. The summed E-state index contributed by atoms with van der Waals surface area (Å²) in [4.78, 5) is 4.51. The molecule has 2 aromatic rings. The first-order chi connectivity index (χ1) is 10.9. The lowest BCUT2D eigenvalue weighted by Crippen LogP contribution is -2.22. The van der Waals surface area contributed by atoms with Gasteiger partial charge in [-0.2, -0.15) is 5.10 Å². The SMILES string of the molecule is CCc1nn(C)c(CC)c1CN=C(N)Nc1cc(C)cc(C)c1.I. The number of nitrogens with one attached hydrogen (secondary N) is 1. The van der Waals surface area contributed by atoms with Gasteiger partial charge in [-0.25, -0.2) is 4.99 Å². The summed E-state index contributed by atoms with van der Waals surface area (Å²) < 4.78 is 1.96. The van der Waals surface area contributed by atoms with Crippen LogP contribution < -0.4 is 11.1 Å². The fourth-order valence-corrected chi connectivity index (χ4v) is 2.97. The molecule has 0 aliphatic heterocycles.